The molecule has 0 aromatic rings. The first-order valence-electron chi connectivity index (χ1n) is 3.11. The molecule has 1 rings (SSSR count). The van der Waals surface area contributed by atoms with Crippen LogP contribution in [0.1, 0.15) is 20.8 Å². The molecule has 1 N–H and O–H groups in total. The van der Waals surface area contributed by atoms with Gasteiger partial charge in [0, 0.05) is 11.6 Å². The van der Waals surface area contributed by atoms with Gasteiger partial charge in [-0.05, 0) is 19.4 Å². The van der Waals surface area contributed by atoms with Gasteiger partial charge in [0.05, 0.1) is 4.99 Å². The van der Waals surface area contributed by atoms with Gasteiger partial charge in [-0.25, -0.2) is 0 Å². The second-order valence-electron chi connectivity index (χ2n) is 2.52. The molecular weight excluding hydrogens is 130 g/mol. The van der Waals surface area contributed by atoms with Crippen molar-refractivity contribution in [1.29, 1.82) is 0 Å². The monoisotopic (exact) mass is 141 g/mol. The summed E-state index contributed by atoms with van der Waals surface area (Å²) >= 11 is 5.04. The zero-order chi connectivity index (χ0) is 7.02. The predicted octanol–water partition coefficient (Wildman–Crippen LogP) is 1.85. The highest BCUT2D eigenvalue weighted by Crippen LogP contribution is 2.20. The molecule has 0 saturated carbocycles. The number of rotatable bonds is 0. The van der Waals surface area contributed by atoms with Gasteiger partial charge in [-0.2, -0.15) is 0 Å². The average molecular weight is 141 g/mol. The molecule has 1 heterocycles. The Bertz CT molecular complexity index is 181. The van der Waals surface area contributed by atoms with Crippen molar-refractivity contribution in [2.24, 2.45) is 5.92 Å². The highest BCUT2D eigenvalue weighted by molar-refractivity contribution is 7.80. The number of thiocarbonyl (C=S) groups is 1. The molecule has 1 aliphatic heterocycles. The Kier molecular flexibility index (Phi) is 1.58. The first kappa shape index (κ1) is 6.75. The SMILES string of the molecule is CC1=C(C)C(C)C(=S)N1. The van der Waals surface area contributed by atoms with Crippen LogP contribution in [0, 0.1) is 5.92 Å². The van der Waals surface area contributed by atoms with E-state index in [1.165, 1.54) is 11.3 Å². The molecule has 0 aromatic carbocycles. The highest BCUT2D eigenvalue weighted by Gasteiger charge is 2.19. The van der Waals surface area contributed by atoms with Gasteiger partial charge in [0.2, 0.25) is 0 Å². The Morgan fingerprint density at radius 3 is 2.11 bits per heavy atom. The van der Waals surface area contributed by atoms with E-state index in [2.05, 4.69) is 26.1 Å². The van der Waals surface area contributed by atoms with E-state index < -0.39 is 0 Å². The molecule has 0 aliphatic carbocycles. The third-order valence-corrected chi connectivity index (χ3v) is 2.40. The molecule has 50 valence electrons. The Morgan fingerprint density at radius 2 is 2.00 bits per heavy atom. The largest absolute Gasteiger partial charge is 0.353 e. The smallest absolute Gasteiger partial charge is 0.0865 e. The lowest BCUT2D eigenvalue weighted by Gasteiger charge is -2.00. The minimum Gasteiger partial charge on any atom is -0.353 e. The standard InChI is InChI=1S/C7H11NS/c1-4-5(2)7(9)8-6(4)3/h5H,1-3H3,(H,8,9). The molecule has 0 saturated heterocycles. The summed E-state index contributed by atoms with van der Waals surface area (Å²) in [5.74, 6) is 0.458. The van der Waals surface area contributed by atoms with Crippen LogP contribution in [0.15, 0.2) is 11.3 Å². The van der Waals surface area contributed by atoms with Crippen LogP contribution in [0.2, 0.25) is 0 Å². The van der Waals surface area contributed by atoms with Crippen LogP contribution in [0.3, 0.4) is 0 Å². The van der Waals surface area contributed by atoms with Crippen LogP contribution in [0.5, 0.6) is 0 Å². The van der Waals surface area contributed by atoms with Gasteiger partial charge in [0.25, 0.3) is 0 Å². The Hall–Kier alpha value is -0.370. The lowest BCUT2D eigenvalue weighted by molar-refractivity contribution is 0.942. The van der Waals surface area contributed by atoms with E-state index in [0.29, 0.717) is 5.92 Å². The molecule has 1 aliphatic rings. The Balaban J connectivity index is 2.87. The summed E-state index contributed by atoms with van der Waals surface area (Å²) in [5.41, 5.74) is 2.60. The van der Waals surface area contributed by atoms with Crippen molar-refractivity contribution in [3.8, 4) is 0 Å². The van der Waals surface area contributed by atoms with Gasteiger partial charge in [0.15, 0.2) is 0 Å². The minimum absolute atomic E-state index is 0.458. The molecule has 0 amide bonds. The molecule has 9 heavy (non-hydrogen) atoms. The first-order valence-corrected chi connectivity index (χ1v) is 3.52. The number of nitrogens with one attached hydrogen (secondary N) is 1. The van der Waals surface area contributed by atoms with Crippen LogP contribution >= 0.6 is 12.2 Å². The van der Waals surface area contributed by atoms with Crippen LogP contribution in [-0.4, -0.2) is 4.99 Å². The lowest BCUT2D eigenvalue weighted by atomic mass is 10.1. The average Bonchev–Trinajstić information content (AvgIpc) is 1.98. The van der Waals surface area contributed by atoms with E-state index in [9.17, 15) is 0 Å². The van der Waals surface area contributed by atoms with Crippen molar-refractivity contribution < 1.29 is 0 Å². The van der Waals surface area contributed by atoms with Crippen LogP contribution in [0.4, 0.5) is 0 Å². The van der Waals surface area contributed by atoms with Gasteiger partial charge >= 0.3 is 0 Å². The normalized spacial score (nSPS) is 27.0. The molecule has 0 fully saturated rings. The molecule has 1 unspecified atom stereocenters. The van der Waals surface area contributed by atoms with Gasteiger partial charge in [-0.15, -0.1) is 0 Å². The van der Waals surface area contributed by atoms with E-state index in [1.54, 1.807) is 0 Å². The maximum Gasteiger partial charge on any atom is 0.0865 e. The van der Waals surface area contributed by atoms with Crippen molar-refractivity contribution in [1.82, 2.24) is 5.32 Å². The topological polar surface area (TPSA) is 12.0 Å². The van der Waals surface area contributed by atoms with Gasteiger partial charge in [-0.3, -0.25) is 0 Å². The summed E-state index contributed by atoms with van der Waals surface area (Å²) in [7, 11) is 0. The molecule has 0 aromatic heterocycles. The zero-order valence-electron chi connectivity index (χ0n) is 5.99. The quantitative estimate of drug-likeness (QED) is 0.517. The summed E-state index contributed by atoms with van der Waals surface area (Å²) in [5, 5.41) is 3.13. The maximum atomic E-state index is 5.04. The van der Waals surface area contributed by atoms with E-state index in [0.717, 1.165) is 4.99 Å². The summed E-state index contributed by atoms with van der Waals surface area (Å²) < 4.78 is 0. The number of allylic oxidation sites excluding steroid dienone is 1. The summed E-state index contributed by atoms with van der Waals surface area (Å²) in [6, 6.07) is 0. The van der Waals surface area contributed by atoms with Crippen LogP contribution in [0.25, 0.3) is 0 Å². The fourth-order valence-corrected chi connectivity index (χ4v) is 1.24. The van der Waals surface area contributed by atoms with Crippen molar-refractivity contribution in [3.05, 3.63) is 11.3 Å². The van der Waals surface area contributed by atoms with E-state index in [1.807, 2.05) is 0 Å². The van der Waals surface area contributed by atoms with Gasteiger partial charge in [-0.1, -0.05) is 19.1 Å². The molecule has 2 heteroatoms. The first-order chi connectivity index (χ1) is 4.13. The zero-order valence-corrected chi connectivity index (χ0v) is 6.80. The third-order valence-electron chi connectivity index (χ3n) is 1.95. The minimum atomic E-state index is 0.458. The molecule has 1 nitrogen and oxygen atoms in total. The summed E-state index contributed by atoms with van der Waals surface area (Å²) in [6.45, 7) is 6.30. The molecule has 0 bridgehead atoms. The summed E-state index contributed by atoms with van der Waals surface area (Å²) in [6.07, 6.45) is 0. The van der Waals surface area contributed by atoms with Crippen molar-refractivity contribution in [3.63, 3.8) is 0 Å². The predicted molar refractivity (Wildman–Crippen MR) is 43.3 cm³/mol. The number of hydrogen-bond donors (Lipinski definition) is 1. The van der Waals surface area contributed by atoms with Crippen molar-refractivity contribution in [2.75, 3.05) is 0 Å². The molecule has 1 atom stereocenters. The van der Waals surface area contributed by atoms with E-state index in [4.69, 9.17) is 12.2 Å². The molecule has 0 radical (unpaired) electrons. The summed E-state index contributed by atoms with van der Waals surface area (Å²) in [4.78, 5) is 0.963. The second-order valence-corrected chi connectivity index (χ2v) is 2.96. The van der Waals surface area contributed by atoms with Crippen molar-refractivity contribution in [2.45, 2.75) is 20.8 Å². The van der Waals surface area contributed by atoms with Gasteiger partial charge in [0.1, 0.15) is 0 Å². The Morgan fingerprint density at radius 1 is 1.44 bits per heavy atom. The Labute approximate surface area is 61.1 Å². The fourth-order valence-electron chi connectivity index (χ4n) is 0.913. The second kappa shape index (κ2) is 2.10. The molecular formula is C7H11NS. The van der Waals surface area contributed by atoms with Gasteiger partial charge < -0.3 is 5.32 Å². The third kappa shape index (κ3) is 0.990. The molecule has 0 spiro atoms. The van der Waals surface area contributed by atoms with Crippen molar-refractivity contribution >= 4 is 17.2 Å². The fraction of sp³-hybridized carbons (Fsp3) is 0.571. The van der Waals surface area contributed by atoms with Crippen LogP contribution in [-0.2, 0) is 0 Å². The van der Waals surface area contributed by atoms with E-state index >= 15 is 0 Å². The maximum absolute atomic E-state index is 5.04. The highest BCUT2D eigenvalue weighted by atomic mass is 32.1. The lowest BCUT2D eigenvalue weighted by Crippen LogP contribution is -2.16. The number of hydrogen-bond acceptors (Lipinski definition) is 1. The van der Waals surface area contributed by atoms with Crippen LogP contribution < -0.4 is 5.32 Å². The van der Waals surface area contributed by atoms with E-state index in [-0.39, 0.29) is 0 Å².